The van der Waals surface area contributed by atoms with Crippen LogP contribution in [0, 0.1) is 13.8 Å². The molecule has 1 N–H and O–H groups in total. The van der Waals surface area contributed by atoms with Gasteiger partial charge in [0.25, 0.3) is 5.91 Å². The van der Waals surface area contributed by atoms with Crippen molar-refractivity contribution in [1.29, 1.82) is 0 Å². The van der Waals surface area contributed by atoms with E-state index in [1.54, 1.807) is 0 Å². The highest BCUT2D eigenvalue weighted by Gasteiger charge is 2.05. The number of hydrogen-bond acceptors (Lipinski definition) is 3. The van der Waals surface area contributed by atoms with Crippen LogP contribution in [0.15, 0.2) is 35.7 Å². The molecular formula is C15H17NO2S. The van der Waals surface area contributed by atoms with Gasteiger partial charge < -0.3 is 10.1 Å². The van der Waals surface area contributed by atoms with Gasteiger partial charge in [-0.05, 0) is 36.9 Å². The lowest BCUT2D eigenvalue weighted by Gasteiger charge is -2.10. The zero-order valence-corrected chi connectivity index (χ0v) is 11.9. The molecule has 100 valence electrons. The van der Waals surface area contributed by atoms with Crippen molar-refractivity contribution in [2.24, 2.45) is 0 Å². The Morgan fingerprint density at radius 2 is 2.16 bits per heavy atom. The van der Waals surface area contributed by atoms with Gasteiger partial charge in [-0.25, -0.2) is 0 Å². The molecule has 0 aliphatic rings. The first-order valence-electron chi connectivity index (χ1n) is 6.18. The lowest BCUT2D eigenvalue weighted by Crippen LogP contribution is -2.27. The largest absolute Gasteiger partial charge is 0.491 e. The van der Waals surface area contributed by atoms with Crippen molar-refractivity contribution in [3.05, 3.63) is 51.7 Å². The first kappa shape index (κ1) is 13.6. The highest BCUT2D eigenvalue weighted by molar-refractivity contribution is 7.12. The van der Waals surface area contributed by atoms with Crippen molar-refractivity contribution < 1.29 is 9.53 Å². The van der Waals surface area contributed by atoms with E-state index in [1.165, 1.54) is 16.9 Å². The topological polar surface area (TPSA) is 38.3 Å². The normalized spacial score (nSPS) is 10.2. The van der Waals surface area contributed by atoms with Gasteiger partial charge in [0.2, 0.25) is 0 Å². The molecule has 2 aromatic rings. The molecule has 4 heteroatoms. The van der Waals surface area contributed by atoms with Gasteiger partial charge in [0.15, 0.2) is 0 Å². The molecule has 2 rings (SSSR count). The summed E-state index contributed by atoms with van der Waals surface area (Å²) in [4.78, 5) is 12.4. The minimum atomic E-state index is -0.0424. The van der Waals surface area contributed by atoms with Gasteiger partial charge in [-0.15, -0.1) is 11.3 Å². The van der Waals surface area contributed by atoms with Crippen LogP contribution in [-0.2, 0) is 0 Å². The first-order chi connectivity index (χ1) is 9.16. The second-order valence-electron chi connectivity index (χ2n) is 4.35. The lowest BCUT2D eigenvalue weighted by atomic mass is 10.1. The molecule has 0 fully saturated rings. The summed E-state index contributed by atoms with van der Waals surface area (Å²) in [5.74, 6) is 0.829. The number of thiophene rings is 1. The van der Waals surface area contributed by atoms with Crippen molar-refractivity contribution in [3.8, 4) is 5.75 Å². The van der Waals surface area contributed by atoms with Gasteiger partial charge in [-0.1, -0.05) is 23.8 Å². The van der Waals surface area contributed by atoms with E-state index < -0.39 is 0 Å². The van der Waals surface area contributed by atoms with Crippen LogP contribution >= 0.6 is 11.3 Å². The average molecular weight is 275 g/mol. The van der Waals surface area contributed by atoms with Crippen LogP contribution in [0.3, 0.4) is 0 Å². The van der Waals surface area contributed by atoms with Crippen molar-refractivity contribution in [1.82, 2.24) is 5.32 Å². The van der Waals surface area contributed by atoms with Crippen LogP contribution in [0.2, 0.25) is 0 Å². The van der Waals surface area contributed by atoms with E-state index in [2.05, 4.69) is 18.3 Å². The summed E-state index contributed by atoms with van der Waals surface area (Å²) in [6.07, 6.45) is 0. The van der Waals surface area contributed by atoms with Crippen molar-refractivity contribution >= 4 is 17.2 Å². The lowest BCUT2D eigenvalue weighted by molar-refractivity contribution is 0.0951. The number of carbonyl (C=O) groups is 1. The summed E-state index contributed by atoms with van der Waals surface area (Å²) >= 11 is 1.44. The minimum Gasteiger partial charge on any atom is -0.491 e. The quantitative estimate of drug-likeness (QED) is 0.851. The maximum absolute atomic E-state index is 11.7. The van der Waals surface area contributed by atoms with Crippen molar-refractivity contribution in [3.63, 3.8) is 0 Å². The summed E-state index contributed by atoms with van der Waals surface area (Å²) < 4.78 is 5.65. The predicted molar refractivity (Wildman–Crippen MR) is 78.1 cm³/mol. The third kappa shape index (κ3) is 3.83. The standard InChI is InChI=1S/C15H17NO2S/c1-11-5-6-13(12(2)10-11)18-8-7-16-15(17)14-4-3-9-19-14/h3-6,9-10H,7-8H2,1-2H3,(H,16,17). The molecule has 1 heterocycles. The van der Waals surface area contributed by atoms with E-state index in [-0.39, 0.29) is 5.91 Å². The Bertz CT molecular complexity index is 549. The zero-order valence-electron chi connectivity index (χ0n) is 11.1. The molecule has 0 aliphatic heterocycles. The highest BCUT2D eigenvalue weighted by Crippen LogP contribution is 2.18. The number of aryl methyl sites for hydroxylation is 2. The fourth-order valence-electron chi connectivity index (χ4n) is 1.78. The molecule has 0 spiro atoms. The van der Waals surface area contributed by atoms with Gasteiger partial charge in [0.05, 0.1) is 11.4 Å². The second-order valence-corrected chi connectivity index (χ2v) is 5.30. The van der Waals surface area contributed by atoms with Crippen LogP contribution < -0.4 is 10.1 Å². The highest BCUT2D eigenvalue weighted by atomic mass is 32.1. The smallest absolute Gasteiger partial charge is 0.261 e. The van der Waals surface area contributed by atoms with Gasteiger partial charge in [-0.2, -0.15) is 0 Å². The molecule has 1 amide bonds. The fourth-order valence-corrected chi connectivity index (χ4v) is 2.42. The van der Waals surface area contributed by atoms with Crippen LogP contribution in [-0.4, -0.2) is 19.1 Å². The number of benzene rings is 1. The Kier molecular flexibility index (Phi) is 4.58. The van der Waals surface area contributed by atoms with Gasteiger partial charge in [0, 0.05) is 0 Å². The molecule has 1 aromatic heterocycles. The van der Waals surface area contributed by atoms with Crippen LogP contribution in [0.25, 0.3) is 0 Å². The van der Waals surface area contributed by atoms with Crippen LogP contribution in [0.4, 0.5) is 0 Å². The van der Waals surface area contributed by atoms with Crippen LogP contribution in [0.1, 0.15) is 20.8 Å². The molecule has 0 unspecified atom stereocenters. The van der Waals surface area contributed by atoms with E-state index in [4.69, 9.17) is 4.74 Å². The fraction of sp³-hybridized carbons (Fsp3) is 0.267. The Hall–Kier alpha value is -1.81. The van der Waals surface area contributed by atoms with E-state index in [0.717, 1.165) is 16.2 Å². The van der Waals surface area contributed by atoms with Crippen molar-refractivity contribution in [2.45, 2.75) is 13.8 Å². The first-order valence-corrected chi connectivity index (χ1v) is 7.06. The zero-order chi connectivity index (χ0) is 13.7. The van der Waals surface area contributed by atoms with Crippen LogP contribution in [0.5, 0.6) is 5.75 Å². The number of carbonyl (C=O) groups excluding carboxylic acids is 1. The summed E-state index contributed by atoms with van der Waals surface area (Å²) in [5, 5.41) is 4.72. The maximum atomic E-state index is 11.7. The molecule has 0 bridgehead atoms. The maximum Gasteiger partial charge on any atom is 0.261 e. The molecule has 0 saturated heterocycles. The van der Waals surface area contributed by atoms with E-state index in [0.29, 0.717) is 13.2 Å². The minimum absolute atomic E-state index is 0.0424. The molecular weight excluding hydrogens is 258 g/mol. The Morgan fingerprint density at radius 3 is 2.84 bits per heavy atom. The molecule has 0 aliphatic carbocycles. The third-order valence-electron chi connectivity index (χ3n) is 2.72. The van der Waals surface area contributed by atoms with E-state index in [1.807, 2.05) is 36.6 Å². The summed E-state index contributed by atoms with van der Waals surface area (Å²) in [6, 6.07) is 9.74. The SMILES string of the molecule is Cc1ccc(OCCNC(=O)c2cccs2)c(C)c1. The molecule has 0 saturated carbocycles. The van der Waals surface area contributed by atoms with Gasteiger partial charge >= 0.3 is 0 Å². The molecule has 0 radical (unpaired) electrons. The number of hydrogen-bond donors (Lipinski definition) is 1. The molecule has 3 nitrogen and oxygen atoms in total. The van der Waals surface area contributed by atoms with Gasteiger partial charge in [0.1, 0.15) is 12.4 Å². The Morgan fingerprint density at radius 1 is 1.32 bits per heavy atom. The van der Waals surface area contributed by atoms with Gasteiger partial charge in [-0.3, -0.25) is 4.79 Å². The summed E-state index contributed by atoms with van der Waals surface area (Å²) in [6.45, 7) is 5.05. The Balaban J connectivity index is 1.76. The Labute approximate surface area is 117 Å². The summed E-state index contributed by atoms with van der Waals surface area (Å²) in [5.41, 5.74) is 2.33. The number of amides is 1. The average Bonchev–Trinajstić information content (AvgIpc) is 2.90. The van der Waals surface area contributed by atoms with E-state index in [9.17, 15) is 4.79 Å². The third-order valence-corrected chi connectivity index (χ3v) is 3.59. The summed E-state index contributed by atoms with van der Waals surface area (Å²) in [7, 11) is 0. The number of nitrogens with one attached hydrogen (secondary N) is 1. The molecule has 1 aromatic carbocycles. The monoisotopic (exact) mass is 275 g/mol. The van der Waals surface area contributed by atoms with Crippen molar-refractivity contribution in [2.75, 3.05) is 13.2 Å². The second kappa shape index (κ2) is 6.38. The predicted octanol–water partition coefficient (Wildman–Crippen LogP) is 3.17. The molecule has 0 atom stereocenters. The molecule has 19 heavy (non-hydrogen) atoms. The number of rotatable bonds is 5. The van der Waals surface area contributed by atoms with E-state index >= 15 is 0 Å². The number of ether oxygens (including phenoxy) is 1.